The van der Waals surface area contributed by atoms with Crippen LogP contribution in [0.2, 0.25) is 5.02 Å². The molecule has 0 bridgehead atoms. The summed E-state index contributed by atoms with van der Waals surface area (Å²) < 4.78 is 18.8. The van der Waals surface area contributed by atoms with E-state index in [1.807, 2.05) is 6.07 Å². The van der Waals surface area contributed by atoms with Crippen LogP contribution in [-0.2, 0) is 0 Å². The second kappa shape index (κ2) is 4.81. The molecule has 0 aliphatic rings. The van der Waals surface area contributed by atoms with E-state index >= 15 is 0 Å². The lowest BCUT2D eigenvalue weighted by molar-refractivity contribution is 0.426. The Kier molecular flexibility index (Phi) is 3.22. The van der Waals surface area contributed by atoms with Crippen LogP contribution in [0.15, 0.2) is 36.5 Å². The van der Waals surface area contributed by atoms with Gasteiger partial charge in [0.25, 0.3) is 0 Å². The zero-order valence-corrected chi connectivity index (χ0v) is 9.28. The van der Waals surface area contributed by atoms with Gasteiger partial charge in [-0.25, -0.2) is 9.37 Å². The molecule has 2 rings (SSSR count). The fraction of sp³-hybridized carbons (Fsp3) is 0. The first-order valence-electron chi connectivity index (χ1n) is 4.69. The lowest BCUT2D eigenvalue weighted by Gasteiger charge is -2.07. The summed E-state index contributed by atoms with van der Waals surface area (Å²) in [5.74, 6) is -0.687. The Balaban J connectivity index is 2.39. The zero-order chi connectivity index (χ0) is 12.3. The molecule has 0 radical (unpaired) electrons. The Bertz CT molecular complexity index is 595. The highest BCUT2D eigenvalue weighted by Gasteiger charge is 2.11. The third-order valence-electron chi connectivity index (χ3n) is 2.01. The monoisotopic (exact) mass is 248 g/mol. The molecule has 0 aliphatic carbocycles. The number of hydrogen-bond acceptors (Lipinski definition) is 3. The molecule has 0 spiro atoms. The number of ether oxygens (including phenoxy) is 1. The number of halogens is 2. The van der Waals surface area contributed by atoms with E-state index in [0.717, 1.165) is 0 Å². The standard InChI is InChI=1S/C12H6ClFN2O/c13-9-4-1-5-10(11(9)14)17-12-8(7-15)3-2-6-16-12/h1-6H. The zero-order valence-electron chi connectivity index (χ0n) is 8.52. The lowest BCUT2D eigenvalue weighted by Crippen LogP contribution is -1.93. The van der Waals surface area contributed by atoms with Crippen LogP contribution in [0.25, 0.3) is 0 Å². The third kappa shape index (κ3) is 2.35. The molecule has 0 saturated carbocycles. The summed E-state index contributed by atoms with van der Waals surface area (Å²) in [5.41, 5.74) is 0.229. The van der Waals surface area contributed by atoms with Gasteiger partial charge in [-0.05, 0) is 24.3 Å². The molecule has 1 heterocycles. The van der Waals surface area contributed by atoms with Crippen molar-refractivity contribution in [3.8, 4) is 17.7 Å². The quantitative estimate of drug-likeness (QED) is 0.817. The molecule has 0 aliphatic heterocycles. The van der Waals surface area contributed by atoms with E-state index in [9.17, 15) is 4.39 Å². The Labute approximate surface area is 102 Å². The highest BCUT2D eigenvalue weighted by Crippen LogP contribution is 2.28. The van der Waals surface area contributed by atoms with Crippen molar-refractivity contribution in [2.45, 2.75) is 0 Å². The first kappa shape index (κ1) is 11.4. The second-order valence-corrected chi connectivity index (χ2v) is 3.53. The normalized spacial score (nSPS) is 9.71. The van der Waals surface area contributed by atoms with Crippen LogP contribution in [-0.4, -0.2) is 4.98 Å². The Morgan fingerprint density at radius 3 is 2.88 bits per heavy atom. The average molecular weight is 249 g/mol. The molecule has 0 saturated heterocycles. The Morgan fingerprint density at radius 2 is 2.12 bits per heavy atom. The summed E-state index contributed by atoms with van der Waals surface area (Å²) in [5, 5.41) is 8.79. The van der Waals surface area contributed by atoms with Gasteiger partial charge in [-0.3, -0.25) is 0 Å². The smallest absolute Gasteiger partial charge is 0.237 e. The number of nitriles is 1. The molecule has 2 aromatic rings. The van der Waals surface area contributed by atoms with Gasteiger partial charge in [0.1, 0.15) is 11.6 Å². The number of pyridine rings is 1. The van der Waals surface area contributed by atoms with Crippen LogP contribution in [0.4, 0.5) is 4.39 Å². The van der Waals surface area contributed by atoms with Crippen molar-refractivity contribution in [3.05, 3.63) is 52.9 Å². The van der Waals surface area contributed by atoms with E-state index < -0.39 is 5.82 Å². The minimum Gasteiger partial charge on any atom is -0.435 e. The predicted molar refractivity (Wildman–Crippen MR) is 60.4 cm³/mol. The van der Waals surface area contributed by atoms with Gasteiger partial charge >= 0.3 is 0 Å². The van der Waals surface area contributed by atoms with Crippen LogP contribution in [0.1, 0.15) is 5.56 Å². The van der Waals surface area contributed by atoms with Gasteiger partial charge in [0.2, 0.25) is 5.88 Å². The van der Waals surface area contributed by atoms with Crippen LogP contribution in [0, 0.1) is 17.1 Å². The maximum Gasteiger partial charge on any atom is 0.237 e. The van der Waals surface area contributed by atoms with Crippen molar-refractivity contribution in [3.63, 3.8) is 0 Å². The second-order valence-electron chi connectivity index (χ2n) is 3.12. The first-order chi connectivity index (χ1) is 8.22. The highest BCUT2D eigenvalue weighted by atomic mass is 35.5. The maximum absolute atomic E-state index is 13.6. The van der Waals surface area contributed by atoms with E-state index in [2.05, 4.69) is 4.98 Å². The molecule has 3 nitrogen and oxygen atoms in total. The number of rotatable bonds is 2. The minimum atomic E-state index is -0.677. The summed E-state index contributed by atoms with van der Waals surface area (Å²) in [7, 11) is 0. The molecule has 5 heteroatoms. The van der Waals surface area contributed by atoms with Crippen LogP contribution in [0.5, 0.6) is 11.6 Å². The fourth-order valence-corrected chi connectivity index (χ4v) is 1.39. The van der Waals surface area contributed by atoms with Crippen molar-refractivity contribution >= 4 is 11.6 Å². The van der Waals surface area contributed by atoms with Crippen molar-refractivity contribution < 1.29 is 9.13 Å². The topological polar surface area (TPSA) is 45.9 Å². The van der Waals surface area contributed by atoms with Crippen molar-refractivity contribution in [1.82, 2.24) is 4.98 Å². The molecule has 0 amide bonds. The van der Waals surface area contributed by atoms with Crippen LogP contribution in [0.3, 0.4) is 0 Å². The van der Waals surface area contributed by atoms with Gasteiger partial charge in [-0.2, -0.15) is 5.26 Å². The third-order valence-corrected chi connectivity index (χ3v) is 2.31. The lowest BCUT2D eigenvalue weighted by atomic mass is 10.3. The van der Waals surface area contributed by atoms with Gasteiger partial charge < -0.3 is 4.74 Å². The van der Waals surface area contributed by atoms with E-state index in [1.165, 1.54) is 24.4 Å². The number of aromatic nitrogens is 1. The van der Waals surface area contributed by atoms with E-state index in [0.29, 0.717) is 0 Å². The van der Waals surface area contributed by atoms with Gasteiger partial charge in [0.15, 0.2) is 11.6 Å². The van der Waals surface area contributed by atoms with E-state index in [-0.39, 0.29) is 22.2 Å². The maximum atomic E-state index is 13.6. The number of hydrogen-bond donors (Lipinski definition) is 0. The summed E-state index contributed by atoms with van der Waals surface area (Å²) in [6.45, 7) is 0. The van der Waals surface area contributed by atoms with Gasteiger partial charge in [-0.1, -0.05) is 17.7 Å². The van der Waals surface area contributed by atoms with Crippen LogP contribution >= 0.6 is 11.6 Å². The summed E-state index contributed by atoms with van der Waals surface area (Å²) >= 11 is 5.61. The average Bonchev–Trinajstić information content (AvgIpc) is 2.35. The molecule has 84 valence electrons. The minimum absolute atomic E-state index is 0.0445. The predicted octanol–water partition coefficient (Wildman–Crippen LogP) is 3.54. The Hall–Kier alpha value is -2.12. The number of nitrogens with zero attached hydrogens (tertiary/aromatic N) is 2. The van der Waals surface area contributed by atoms with Gasteiger partial charge in [0.05, 0.1) is 5.02 Å². The van der Waals surface area contributed by atoms with Crippen molar-refractivity contribution in [2.75, 3.05) is 0 Å². The van der Waals surface area contributed by atoms with E-state index in [1.54, 1.807) is 12.1 Å². The molecule has 0 unspecified atom stereocenters. The molecule has 1 aromatic heterocycles. The van der Waals surface area contributed by atoms with Crippen molar-refractivity contribution in [1.29, 1.82) is 5.26 Å². The molecule has 0 atom stereocenters. The summed E-state index contributed by atoms with van der Waals surface area (Å²) in [6.07, 6.45) is 1.46. The largest absolute Gasteiger partial charge is 0.435 e. The molecular weight excluding hydrogens is 243 g/mol. The van der Waals surface area contributed by atoms with Gasteiger partial charge in [-0.15, -0.1) is 0 Å². The first-order valence-corrected chi connectivity index (χ1v) is 5.07. The fourth-order valence-electron chi connectivity index (χ4n) is 1.22. The molecule has 1 aromatic carbocycles. The van der Waals surface area contributed by atoms with E-state index in [4.69, 9.17) is 21.6 Å². The molecule has 0 fully saturated rings. The van der Waals surface area contributed by atoms with Gasteiger partial charge in [0, 0.05) is 6.20 Å². The highest BCUT2D eigenvalue weighted by molar-refractivity contribution is 6.30. The van der Waals surface area contributed by atoms with Crippen molar-refractivity contribution in [2.24, 2.45) is 0 Å². The summed E-state index contributed by atoms with van der Waals surface area (Å²) in [6, 6.07) is 9.41. The number of benzene rings is 1. The molecule has 0 N–H and O–H groups in total. The summed E-state index contributed by atoms with van der Waals surface area (Å²) in [4.78, 5) is 3.86. The Morgan fingerprint density at radius 1 is 1.29 bits per heavy atom. The SMILES string of the molecule is N#Cc1cccnc1Oc1cccc(Cl)c1F. The van der Waals surface area contributed by atoms with Crippen LogP contribution < -0.4 is 4.74 Å². The molecule has 17 heavy (non-hydrogen) atoms. The molecular formula is C12H6ClFN2O.